The Balaban J connectivity index is 1.57. The Morgan fingerprint density at radius 1 is 1.09 bits per heavy atom. The van der Waals surface area contributed by atoms with Crippen LogP contribution >= 0.6 is 0 Å². The van der Waals surface area contributed by atoms with Gasteiger partial charge in [0.15, 0.2) is 11.5 Å². The molecule has 0 amide bonds. The number of ether oxygens (including phenoxy) is 2. The topological polar surface area (TPSA) is 122 Å². The summed E-state index contributed by atoms with van der Waals surface area (Å²) in [5.41, 5.74) is 1.97. The second-order valence-electron chi connectivity index (χ2n) is 8.03. The highest BCUT2D eigenvalue weighted by Gasteiger charge is 2.46. The minimum Gasteiger partial charge on any atom is -0.493 e. The molecule has 1 aliphatic carbocycles. The minimum absolute atomic E-state index is 0.0379. The lowest BCUT2D eigenvalue weighted by molar-refractivity contribution is -0.385. The SMILES string of the molecule is COc1ccc(C2CC(=O)C3C(=Nc4ncnn4C3c3ccccc3[N+](=O)[O-])C2)cc1OC. The molecule has 0 spiro atoms. The van der Waals surface area contributed by atoms with Crippen molar-refractivity contribution in [3.63, 3.8) is 0 Å². The fourth-order valence-corrected chi connectivity index (χ4v) is 4.83. The summed E-state index contributed by atoms with van der Waals surface area (Å²) in [4.78, 5) is 33.7. The molecule has 5 rings (SSSR count). The number of aliphatic imine (C=N–C) groups is 1. The Morgan fingerprint density at radius 2 is 1.88 bits per heavy atom. The second-order valence-corrected chi connectivity index (χ2v) is 8.03. The molecule has 1 aromatic heterocycles. The summed E-state index contributed by atoms with van der Waals surface area (Å²) in [6.07, 6.45) is 2.16. The number of benzene rings is 2. The van der Waals surface area contributed by atoms with Gasteiger partial charge in [-0.05, 0) is 36.1 Å². The summed E-state index contributed by atoms with van der Waals surface area (Å²) in [5, 5.41) is 16.0. The maximum Gasteiger partial charge on any atom is 0.274 e. The number of carbonyl (C=O) groups is 1. The molecule has 2 aromatic carbocycles. The fourth-order valence-electron chi connectivity index (χ4n) is 4.83. The van der Waals surface area contributed by atoms with Crippen molar-refractivity contribution in [2.24, 2.45) is 10.9 Å². The van der Waals surface area contributed by atoms with Crippen LogP contribution in [0.1, 0.15) is 35.9 Å². The third-order valence-corrected chi connectivity index (χ3v) is 6.32. The van der Waals surface area contributed by atoms with Crippen molar-refractivity contribution in [1.82, 2.24) is 14.8 Å². The zero-order valence-corrected chi connectivity index (χ0v) is 18.0. The van der Waals surface area contributed by atoms with Gasteiger partial charge in [0.05, 0.1) is 30.6 Å². The standard InChI is InChI=1S/C23H21N5O5/c1-32-19-8-7-13(11-20(19)33-2)14-9-16-21(18(29)10-14)22(27-23(26-16)24-12-25-27)15-5-3-4-6-17(15)28(30)31/h3-8,11-12,14,21-22H,9-10H2,1-2H3. The number of fused-ring (bicyclic) bond motifs is 2. The van der Waals surface area contributed by atoms with Gasteiger partial charge in [-0.2, -0.15) is 10.1 Å². The number of rotatable bonds is 5. The van der Waals surface area contributed by atoms with Crippen molar-refractivity contribution in [2.75, 3.05) is 14.2 Å². The van der Waals surface area contributed by atoms with Crippen molar-refractivity contribution in [3.8, 4) is 11.5 Å². The number of aromatic nitrogens is 3. The predicted molar refractivity (Wildman–Crippen MR) is 118 cm³/mol. The zero-order valence-electron chi connectivity index (χ0n) is 18.0. The molecule has 2 heterocycles. The van der Waals surface area contributed by atoms with Crippen LogP contribution in [0.3, 0.4) is 0 Å². The number of hydrogen-bond acceptors (Lipinski definition) is 8. The lowest BCUT2D eigenvalue weighted by Crippen LogP contribution is -2.41. The van der Waals surface area contributed by atoms with E-state index in [-0.39, 0.29) is 23.8 Å². The van der Waals surface area contributed by atoms with Crippen molar-refractivity contribution in [1.29, 1.82) is 0 Å². The second kappa shape index (κ2) is 8.12. The van der Waals surface area contributed by atoms with E-state index in [0.29, 0.717) is 35.1 Å². The Labute approximate surface area is 189 Å². The Morgan fingerprint density at radius 3 is 2.64 bits per heavy atom. The summed E-state index contributed by atoms with van der Waals surface area (Å²) < 4.78 is 12.3. The van der Waals surface area contributed by atoms with Crippen molar-refractivity contribution < 1.29 is 19.2 Å². The van der Waals surface area contributed by atoms with Gasteiger partial charge >= 0.3 is 0 Å². The van der Waals surface area contributed by atoms with E-state index in [1.54, 1.807) is 32.4 Å². The molecule has 1 aliphatic heterocycles. The largest absolute Gasteiger partial charge is 0.493 e. The molecule has 168 valence electrons. The normalized spacial score (nSPS) is 21.6. The summed E-state index contributed by atoms with van der Waals surface area (Å²) in [6, 6.07) is 11.4. The first kappa shape index (κ1) is 20.8. The number of methoxy groups -OCH3 is 2. The van der Waals surface area contributed by atoms with Crippen LogP contribution in [0.15, 0.2) is 53.8 Å². The van der Waals surface area contributed by atoms with E-state index in [1.165, 1.54) is 17.1 Å². The highest BCUT2D eigenvalue weighted by molar-refractivity contribution is 6.10. The Bertz CT molecular complexity index is 1280. The maximum absolute atomic E-state index is 13.5. The van der Waals surface area contributed by atoms with E-state index in [1.807, 2.05) is 18.2 Å². The fraction of sp³-hybridized carbons (Fsp3) is 0.304. The van der Waals surface area contributed by atoms with Crippen LogP contribution in [0.4, 0.5) is 11.6 Å². The van der Waals surface area contributed by atoms with Crippen molar-refractivity contribution in [2.45, 2.75) is 24.8 Å². The van der Waals surface area contributed by atoms with Crippen LogP contribution in [0.2, 0.25) is 0 Å². The van der Waals surface area contributed by atoms with Crippen molar-refractivity contribution >= 4 is 23.1 Å². The van der Waals surface area contributed by atoms with Gasteiger partial charge in [-0.3, -0.25) is 14.9 Å². The van der Waals surface area contributed by atoms with Gasteiger partial charge in [-0.1, -0.05) is 18.2 Å². The monoisotopic (exact) mass is 447 g/mol. The number of hydrogen-bond donors (Lipinski definition) is 0. The van der Waals surface area contributed by atoms with Gasteiger partial charge in [-0.25, -0.2) is 9.67 Å². The van der Waals surface area contributed by atoms with E-state index >= 15 is 0 Å². The van der Waals surface area contributed by atoms with Gasteiger partial charge in [0.1, 0.15) is 18.2 Å². The molecule has 33 heavy (non-hydrogen) atoms. The van der Waals surface area contributed by atoms with Crippen LogP contribution in [0.5, 0.6) is 11.5 Å². The highest BCUT2D eigenvalue weighted by atomic mass is 16.6. The van der Waals surface area contributed by atoms with E-state index in [0.717, 1.165) is 5.56 Å². The van der Waals surface area contributed by atoms with Gasteiger partial charge in [-0.15, -0.1) is 0 Å². The molecule has 10 heteroatoms. The Kier molecular flexibility index (Phi) is 5.12. The van der Waals surface area contributed by atoms with E-state index in [4.69, 9.17) is 9.47 Å². The van der Waals surface area contributed by atoms with Crippen molar-refractivity contribution in [3.05, 3.63) is 70.0 Å². The average molecular weight is 447 g/mol. The molecule has 0 N–H and O–H groups in total. The number of nitro benzene ring substituents is 1. The lowest BCUT2D eigenvalue weighted by atomic mass is 9.71. The number of carbonyl (C=O) groups excluding carboxylic acids is 1. The quantitative estimate of drug-likeness (QED) is 0.432. The van der Waals surface area contributed by atoms with Crippen LogP contribution < -0.4 is 9.47 Å². The number of nitrogens with zero attached hydrogens (tertiary/aromatic N) is 5. The molecule has 0 bridgehead atoms. The molecule has 0 saturated heterocycles. The van der Waals surface area contributed by atoms with Gasteiger partial charge in [0, 0.05) is 18.2 Å². The van der Waals surface area contributed by atoms with Gasteiger partial charge < -0.3 is 9.47 Å². The van der Waals surface area contributed by atoms with E-state index in [9.17, 15) is 14.9 Å². The predicted octanol–water partition coefficient (Wildman–Crippen LogP) is 3.64. The summed E-state index contributed by atoms with van der Waals surface area (Å²) in [5.74, 6) is 0.757. The molecule has 1 fully saturated rings. The van der Waals surface area contributed by atoms with Gasteiger partial charge in [0.2, 0.25) is 5.95 Å². The van der Waals surface area contributed by atoms with Crippen LogP contribution in [-0.2, 0) is 4.79 Å². The first-order chi connectivity index (χ1) is 16.0. The molecule has 0 radical (unpaired) electrons. The van der Waals surface area contributed by atoms with E-state index in [2.05, 4.69) is 15.1 Å². The zero-order chi connectivity index (χ0) is 23.1. The number of nitro groups is 1. The average Bonchev–Trinajstić information content (AvgIpc) is 3.30. The summed E-state index contributed by atoms with van der Waals surface area (Å²) in [6.45, 7) is 0. The minimum atomic E-state index is -0.671. The first-order valence-corrected chi connectivity index (χ1v) is 10.5. The molecule has 3 aromatic rings. The summed E-state index contributed by atoms with van der Waals surface area (Å²) in [7, 11) is 3.14. The van der Waals surface area contributed by atoms with Gasteiger partial charge in [0.25, 0.3) is 5.69 Å². The lowest BCUT2D eigenvalue weighted by Gasteiger charge is -2.36. The van der Waals surface area contributed by atoms with Crippen LogP contribution in [0, 0.1) is 16.0 Å². The molecular weight excluding hydrogens is 426 g/mol. The molecular formula is C23H21N5O5. The summed E-state index contributed by atoms with van der Waals surface area (Å²) >= 11 is 0. The smallest absolute Gasteiger partial charge is 0.274 e. The third kappa shape index (κ3) is 3.43. The maximum atomic E-state index is 13.5. The third-order valence-electron chi connectivity index (χ3n) is 6.32. The van der Waals surface area contributed by atoms with Crippen LogP contribution in [-0.4, -0.2) is 45.4 Å². The molecule has 1 saturated carbocycles. The number of ketones is 1. The van der Waals surface area contributed by atoms with Crippen LogP contribution in [0.25, 0.3) is 0 Å². The first-order valence-electron chi connectivity index (χ1n) is 10.5. The number of para-hydroxylation sites is 1. The highest BCUT2D eigenvalue weighted by Crippen LogP contribution is 2.46. The molecule has 10 nitrogen and oxygen atoms in total. The van der Waals surface area contributed by atoms with E-state index < -0.39 is 16.9 Å². The Hall–Kier alpha value is -4.08. The molecule has 3 unspecified atom stereocenters. The molecule has 2 aliphatic rings. The number of Topliss-reactive ketones (excluding diaryl/α,β-unsaturated/α-hetero) is 1. The molecule has 3 atom stereocenters.